The van der Waals surface area contributed by atoms with Crippen molar-refractivity contribution in [1.29, 1.82) is 0 Å². The van der Waals surface area contributed by atoms with E-state index in [1.54, 1.807) is 6.33 Å². The van der Waals surface area contributed by atoms with Crippen molar-refractivity contribution in [2.75, 3.05) is 37.8 Å². The van der Waals surface area contributed by atoms with Gasteiger partial charge in [-0.3, -0.25) is 0 Å². The molecular weight excluding hydrogens is 238 g/mol. The van der Waals surface area contributed by atoms with Crippen LogP contribution in [0.5, 0.6) is 0 Å². The summed E-state index contributed by atoms with van der Waals surface area (Å²) in [6.07, 6.45) is 4.32. The van der Waals surface area contributed by atoms with Gasteiger partial charge in [0.1, 0.15) is 18.0 Å². The van der Waals surface area contributed by atoms with Crippen LogP contribution in [0.3, 0.4) is 0 Å². The largest absolute Gasteiger partial charge is 0.373 e. The van der Waals surface area contributed by atoms with Gasteiger partial charge in [-0.15, -0.1) is 0 Å². The monoisotopic (exact) mass is 263 g/mol. The van der Waals surface area contributed by atoms with Crippen molar-refractivity contribution in [3.63, 3.8) is 0 Å². The fraction of sp³-hybridized carbons (Fsp3) is 0.714. The Morgan fingerprint density at radius 1 is 1.32 bits per heavy atom. The maximum atomic E-state index is 4.39. The van der Waals surface area contributed by atoms with E-state index in [2.05, 4.69) is 46.4 Å². The highest BCUT2D eigenvalue weighted by atomic mass is 15.2. The second-order valence-corrected chi connectivity index (χ2v) is 5.53. The molecule has 1 aromatic rings. The third-order valence-electron chi connectivity index (χ3n) is 3.63. The molecule has 1 heterocycles. The first-order valence-electron chi connectivity index (χ1n) is 7.10. The zero-order valence-electron chi connectivity index (χ0n) is 12.4. The molecule has 1 fully saturated rings. The number of hydrogen-bond acceptors (Lipinski definition) is 5. The Bertz CT molecular complexity index is 414. The molecule has 0 aliphatic heterocycles. The molecule has 1 aromatic heterocycles. The Morgan fingerprint density at radius 2 is 2.00 bits per heavy atom. The van der Waals surface area contributed by atoms with E-state index in [4.69, 9.17) is 0 Å². The molecule has 0 unspecified atom stereocenters. The van der Waals surface area contributed by atoms with Crippen molar-refractivity contribution < 1.29 is 0 Å². The smallest absolute Gasteiger partial charge is 0.135 e. The van der Waals surface area contributed by atoms with Gasteiger partial charge in [-0.25, -0.2) is 9.97 Å². The summed E-state index contributed by atoms with van der Waals surface area (Å²) < 4.78 is 0. The van der Waals surface area contributed by atoms with E-state index >= 15 is 0 Å². The van der Waals surface area contributed by atoms with Gasteiger partial charge in [-0.05, 0) is 25.8 Å². The Morgan fingerprint density at radius 3 is 2.58 bits per heavy atom. The van der Waals surface area contributed by atoms with Crippen LogP contribution >= 0.6 is 0 Å². The molecule has 0 radical (unpaired) electrons. The average molecular weight is 263 g/mol. The topological polar surface area (TPSA) is 53.1 Å². The highest BCUT2D eigenvalue weighted by Crippen LogP contribution is 2.28. The quantitative estimate of drug-likeness (QED) is 0.789. The zero-order valence-corrected chi connectivity index (χ0v) is 12.4. The fourth-order valence-corrected chi connectivity index (χ4v) is 2.33. The average Bonchev–Trinajstić information content (AvgIpc) is 3.22. The predicted octanol–water partition coefficient (Wildman–Crippen LogP) is 2.15. The van der Waals surface area contributed by atoms with Crippen LogP contribution in [0, 0.1) is 0 Å². The van der Waals surface area contributed by atoms with Crippen LogP contribution in [0.1, 0.15) is 38.2 Å². The number of rotatable bonds is 7. The molecule has 5 nitrogen and oxygen atoms in total. The summed E-state index contributed by atoms with van der Waals surface area (Å²) in [5, 5.41) is 6.59. The minimum atomic E-state index is 0.396. The number of likely N-dealkylation sites (N-methyl/N-ethyl adjacent to an activating group) is 1. The lowest BCUT2D eigenvalue weighted by Gasteiger charge is -2.19. The third-order valence-corrected chi connectivity index (χ3v) is 3.63. The molecule has 1 aliphatic rings. The standard InChI is InChI=1S/C14H25N5/c1-10(2)12-13(15-3)17-9-18-14(12)16-7-8-19(4)11-5-6-11/h9-11H,5-8H2,1-4H3,(H2,15,16,17,18). The van der Waals surface area contributed by atoms with Gasteiger partial charge in [-0.1, -0.05) is 13.8 Å². The molecule has 106 valence electrons. The van der Waals surface area contributed by atoms with Crippen LogP contribution in [-0.2, 0) is 0 Å². The molecule has 2 N–H and O–H groups in total. The van der Waals surface area contributed by atoms with Gasteiger partial charge in [0.25, 0.3) is 0 Å². The first kappa shape index (κ1) is 14.1. The van der Waals surface area contributed by atoms with Crippen LogP contribution in [-0.4, -0.2) is 48.1 Å². The van der Waals surface area contributed by atoms with Gasteiger partial charge >= 0.3 is 0 Å². The normalized spacial score (nSPS) is 15.1. The minimum Gasteiger partial charge on any atom is -0.373 e. The lowest BCUT2D eigenvalue weighted by atomic mass is 10.0. The molecule has 2 rings (SSSR count). The third kappa shape index (κ3) is 3.56. The molecule has 0 aromatic carbocycles. The summed E-state index contributed by atoms with van der Waals surface area (Å²) in [5.74, 6) is 2.27. The molecule has 0 atom stereocenters. The molecule has 19 heavy (non-hydrogen) atoms. The van der Waals surface area contributed by atoms with Crippen molar-refractivity contribution in [2.45, 2.75) is 38.6 Å². The van der Waals surface area contributed by atoms with Gasteiger partial charge in [0.2, 0.25) is 0 Å². The van der Waals surface area contributed by atoms with E-state index in [9.17, 15) is 0 Å². The first-order valence-corrected chi connectivity index (χ1v) is 7.10. The van der Waals surface area contributed by atoms with Crippen LogP contribution in [0.25, 0.3) is 0 Å². The predicted molar refractivity (Wildman–Crippen MR) is 79.8 cm³/mol. The summed E-state index contributed by atoms with van der Waals surface area (Å²) in [6.45, 7) is 6.32. The van der Waals surface area contributed by atoms with Crippen LogP contribution in [0.2, 0.25) is 0 Å². The summed E-state index contributed by atoms with van der Waals surface area (Å²) in [7, 11) is 4.10. The number of nitrogens with zero attached hydrogens (tertiary/aromatic N) is 3. The van der Waals surface area contributed by atoms with Crippen LogP contribution in [0.15, 0.2) is 6.33 Å². The number of aromatic nitrogens is 2. The molecule has 0 amide bonds. The second-order valence-electron chi connectivity index (χ2n) is 5.53. The van der Waals surface area contributed by atoms with Crippen molar-refractivity contribution >= 4 is 11.6 Å². The minimum absolute atomic E-state index is 0.396. The number of anilines is 2. The van der Waals surface area contributed by atoms with E-state index in [1.807, 2.05) is 7.05 Å². The van der Waals surface area contributed by atoms with Gasteiger partial charge in [-0.2, -0.15) is 0 Å². The van der Waals surface area contributed by atoms with Crippen molar-refractivity contribution in [1.82, 2.24) is 14.9 Å². The van der Waals surface area contributed by atoms with Crippen molar-refractivity contribution in [2.24, 2.45) is 0 Å². The maximum absolute atomic E-state index is 4.39. The highest BCUT2D eigenvalue weighted by molar-refractivity contribution is 5.58. The molecule has 1 saturated carbocycles. The van der Waals surface area contributed by atoms with Crippen LogP contribution < -0.4 is 10.6 Å². The van der Waals surface area contributed by atoms with E-state index in [0.717, 1.165) is 30.8 Å². The second kappa shape index (κ2) is 6.19. The zero-order chi connectivity index (χ0) is 13.8. The Balaban J connectivity index is 1.98. The number of nitrogens with one attached hydrogen (secondary N) is 2. The van der Waals surface area contributed by atoms with Gasteiger partial charge in [0, 0.05) is 31.7 Å². The number of hydrogen-bond donors (Lipinski definition) is 2. The highest BCUT2D eigenvalue weighted by Gasteiger charge is 2.25. The summed E-state index contributed by atoms with van der Waals surface area (Å²) in [6, 6.07) is 0.810. The lowest BCUT2D eigenvalue weighted by molar-refractivity contribution is 0.337. The summed E-state index contributed by atoms with van der Waals surface area (Å²) >= 11 is 0. The van der Waals surface area contributed by atoms with E-state index in [-0.39, 0.29) is 0 Å². The summed E-state index contributed by atoms with van der Waals surface area (Å²) in [5.41, 5.74) is 1.17. The van der Waals surface area contributed by atoms with Gasteiger partial charge in [0.05, 0.1) is 0 Å². The fourth-order valence-electron chi connectivity index (χ4n) is 2.33. The molecule has 1 aliphatic carbocycles. The Hall–Kier alpha value is -1.36. The van der Waals surface area contributed by atoms with Crippen molar-refractivity contribution in [3.8, 4) is 0 Å². The SMILES string of the molecule is CNc1ncnc(NCCN(C)C2CC2)c1C(C)C. The maximum Gasteiger partial charge on any atom is 0.135 e. The van der Waals surface area contributed by atoms with Gasteiger partial charge < -0.3 is 15.5 Å². The molecule has 5 heteroatoms. The first-order chi connectivity index (χ1) is 9.13. The lowest BCUT2D eigenvalue weighted by Crippen LogP contribution is -2.27. The molecule has 0 bridgehead atoms. The molecule has 0 spiro atoms. The Kier molecular flexibility index (Phi) is 4.58. The summed E-state index contributed by atoms with van der Waals surface area (Å²) in [4.78, 5) is 11.1. The molecular formula is C14H25N5. The van der Waals surface area contributed by atoms with Crippen molar-refractivity contribution in [3.05, 3.63) is 11.9 Å². The van der Waals surface area contributed by atoms with E-state index in [1.165, 1.54) is 18.4 Å². The van der Waals surface area contributed by atoms with E-state index < -0.39 is 0 Å². The van der Waals surface area contributed by atoms with Gasteiger partial charge in [0.15, 0.2) is 0 Å². The Labute approximate surface area is 115 Å². The van der Waals surface area contributed by atoms with E-state index in [0.29, 0.717) is 5.92 Å². The molecule has 0 saturated heterocycles. The van der Waals surface area contributed by atoms with Crippen LogP contribution in [0.4, 0.5) is 11.6 Å².